The highest BCUT2D eigenvalue weighted by Gasteiger charge is 2.76. The van der Waals surface area contributed by atoms with Crippen LogP contribution in [0.1, 0.15) is 47.0 Å². The molecule has 7 nitrogen and oxygen atoms in total. The minimum absolute atomic E-state index is 0.0305. The fraction of sp³-hybridized carbons (Fsp3) is 0.708. The maximum Gasteiger partial charge on any atom is 0.303 e. The third kappa shape index (κ3) is 2.66. The number of carbonyl (C=O) groups is 3. The van der Waals surface area contributed by atoms with E-state index in [9.17, 15) is 29.7 Å². The topological polar surface area (TPSA) is 121 Å². The van der Waals surface area contributed by atoms with Crippen LogP contribution >= 0.6 is 0 Å². The minimum atomic E-state index is -2.19. The first-order valence-electron chi connectivity index (χ1n) is 11.1. The molecule has 0 unspecified atom stereocenters. The summed E-state index contributed by atoms with van der Waals surface area (Å²) in [4.78, 5) is 36.2. The maximum absolute atomic E-state index is 17.1. The zero-order valence-corrected chi connectivity index (χ0v) is 18.8. The van der Waals surface area contributed by atoms with E-state index < -0.39 is 70.4 Å². The summed E-state index contributed by atoms with van der Waals surface area (Å²) < 4.78 is 21.9. The lowest BCUT2D eigenvalue weighted by atomic mass is 9.44. The van der Waals surface area contributed by atoms with Crippen LogP contribution in [0.4, 0.5) is 4.39 Å². The SMILES string of the molecule is CC(=O)OCC(=O)[C@@]1(O)[C@@H](C)C[C@H]2[C@@H]3C[C@@H](O)C4=CC(=O)C=C[C@]4(C)[C@@]3(F)[C@@H](O)C[C@@]21C. The average molecular weight is 451 g/mol. The lowest BCUT2D eigenvalue weighted by Gasteiger charge is -2.63. The first-order chi connectivity index (χ1) is 14.7. The molecule has 9 atom stereocenters. The highest BCUT2D eigenvalue weighted by Crippen LogP contribution is 2.70. The molecule has 0 aromatic carbocycles. The number of fused-ring (bicyclic) bond motifs is 5. The number of alkyl halides is 1. The van der Waals surface area contributed by atoms with Crippen LogP contribution in [0, 0.1) is 28.6 Å². The molecular weight excluding hydrogens is 419 g/mol. The fourth-order valence-corrected chi connectivity index (χ4v) is 7.46. The number of aliphatic hydroxyl groups excluding tert-OH is 2. The Balaban J connectivity index is 1.79. The molecule has 0 aliphatic heterocycles. The average Bonchev–Trinajstić information content (AvgIpc) is 2.91. The quantitative estimate of drug-likeness (QED) is 0.556. The van der Waals surface area contributed by atoms with Crippen LogP contribution in [0.2, 0.25) is 0 Å². The van der Waals surface area contributed by atoms with Crippen molar-refractivity contribution in [2.75, 3.05) is 6.61 Å². The second kappa shape index (κ2) is 7.05. The summed E-state index contributed by atoms with van der Waals surface area (Å²) in [6.07, 6.45) is 1.41. The zero-order chi connectivity index (χ0) is 23.9. The van der Waals surface area contributed by atoms with Crippen molar-refractivity contribution in [3.05, 3.63) is 23.8 Å². The number of carbonyl (C=O) groups excluding carboxylic acids is 3. The number of Topliss-reactive ketones (excluding diaryl/α,β-unsaturated/α-hetero) is 1. The van der Waals surface area contributed by atoms with Gasteiger partial charge in [-0.15, -0.1) is 0 Å². The van der Waals surface area contributed by atoms with E-state index in [0.29, 0.717) is 6.42 Å². The Labute approximate surface area is 186 Å². The van der Waals surface area contributed by atoms with Gasteiger partial charge >= 0.3 is 5.97 Å². The first-order valence-corrected chi connectivity index (χ1v) is 11.1. The Hall–Kier alpha value is -1.90. The van der Waals surface area contributed by atoms with Gasteiger partial charge in [-0.1, -0.05) is 19.9 Å². The van der Waals surface area contributed by atoms with Gasteiger partial charge in [0.2, 0.25) is 5.78 Å². The van der Waals surface area contributed by atoms with Crippen LogP contribution in [0.3, 0.4) is 0 Å². The lowest BCUT2D eigenvalue weighted by Crippen LogP contribution is -2.70. The molecule has 4 rings (SSSR count). The Morgan fingerprint density at radius 2 is 1.88 bits per heavy atom. The van der Waals surface area contributed by atoms with Crippen LogP contribution in [0.5, 0.6) is 0 Å². The largest absolute Gasteiger partial charge is 0.458 e. The van der Waals surface area contributed by atoms with E-state index in [-0.39, 0.29) is 24.2 Å². The van der Waals surface area contributed by atoms with Crippen LogP contribution in [0.15, 0.2) is 23.8 Å². The third-order valence-corrected chi connectivity index (χ3v) is 9.08. The molecule has 32 heavy (non-hydrogen) atoms. The van der Waals surface area contributed by atoms with E-state index in [2.05, 4.69) is 0 Å². The lowest BCUT2D eigenvalue weighted by molar-refractivity contribution is -0.226. The maximum atomic E-state index is 17.1. The summed E-state index contributed by atoms with van der Waals surface area (Å²) in [5.74, 6) is -3.60. The minimum Gasteiger partial charge on any atom is -0.458 e. The Kier molecular flexibility index (Phi) is 5.12. The number of ketones is 2. The van der Waals surface area contributed by atoms with E-state index in [4.69, 9.17) is 4.74 Å². The second-order valence-corrected chi connectivity index (χ2v) is 10.5. The van der Waals surface area contributed by atoms with E-state index in [0.717, 1.165) is 0 Å². The van der Waals surface area contributed by atoms with E-state index in [1.165, 1.54) is 25.2 Å². The standard InChI is InChI=1S/C24H31FO7/c1-12-7-15-16-9-18(28)17-8-14(27)5-6-21(17,3)23(16,25)19(29)10-22(15,4)24(12,31)20(30)11-32-13(2)26/h5-6,8,12,15-16,18-19,28-29,31H,7,9-11H2,1-4H3/t12-,15-,16-,18+,19-,21-,22-,23-,24-/m0/s1. The third-order valence-electron chi connectivity index (χ3n) is 9.08. The molecule has 0 bridgehead atoms. The summed E-state index contributed by atoms with van der Waals surface area (Å²) in [5.41, 5.74) is -6.44. The van der Waals surface area contributed by atoms with Gasteiger partial charge in [0.1, 0.15) is 5.60 Å². The van der Waals surface area contributed by atoms with Crippen LogP contribution in [-0.2, 0) is 19.1 Å². The number of halogens is 1. The van der Waals surface area contributed by atoms with Crippen LogP contribution in [-0.4, -0.2) is 62.9 Å². The molecule has 0 amide bonds. The van der Waals surface area contributed by atoms with Gasteiger partial charge in [0.05, 0.1) is 12.2 Å². The van der Waals surface area contributed by atoms with Crippen molar-refractivity contribution < 1.29 is 38.8 Å². The molecule has 0 aromatic heterocycles. The van der Waals surface area contributed by atoms with Gasteiger partial charge in [-0.3, -0.25) is 14.4 Å². The Bertz CT molecular complexity index is 943. The molecule has 4 aliphatic rings. The summed E-state index contributed by atoms with van der Waals surface area (Å²) >= 11 is 0. The molecule has 3 fully saturated rings. The normalized spacial score (nSPS) is 49.6. The Morgan fingerprint density at radius 1 is 1.22 bits per heavy atom. The highest BCUT2D eigenvalue weighted by atomic mass is 19.1. The monoisotopic (exact) mass is 450 g/mol. The molecule has 0 heterocycles. The molecule has 3 N–H and O–H groups in total. The summed E-state index contributed by atoms with van der Waals surface area (Å²) in [7, 11) is 0. The molecule has 176 valence electrons. The summed E-state index contributed by atoms with van der Waals surface area (Å²) in [5, 5.41) is 33.8. The number of ether oxygens (including phenoxy) is 1. The fourth-order valence-electron chi connectivity index (χ4n) is 7.46. The number of hydrogen-bond acceptors (Lipinski definition) is 7. The van der Waals surface area contributed by atoms with Crippen molar-refractivity contribution in [1.82, 2.24) is 0 Å². The van der Waals surface area contributed by atoms with Gasteiger partial charge in [-0.25, -0.2) is 4.39 Å². The highest BCUT2D eigenvalue weighted by molar-refractivity contribution is 6.01. The summed E-state index contributed by atoms with van der Waals surface area (Å²) in [6, 6.07) is 0. The number of esters is 1. The molecule has 8 heteroatoms. The van der Waals surface area contributed by atoms with Crippen molar-refractivity contribution in [1.29, 1.82) is 0 Å². The van der Waals surface area contributed by atoms with Crippen molar-refractivity contribution in [3.8, 4) is 0 Å². The van der Waals surface area contributed by atoms with E-state index in [1.807, 2.05) is 0 Å². The van der Waals surface area contributed by atoms with Gasteiger partial charge in [0, 0.05) is 23.7 Å². The molecule has 3 saturated carbocycles. The van der Waals surface area contributed by atoms with Crippen molar-refractivity contribution in [2.45, 2.75) is 70.4 Å². The predicted octanol–water partition coefficient (Wildman–Crippen LogP) is 1.44. The Morgan fingerprint density at radius 3 is 2.50 bits per heavy atom. The van der Waals surface area contributed by atoms with Gasteiger partial charge in [0.25, 0.3) is 0 Å². The van der Waals surface area contributed by atoms with Crippen molar-refractivity contribution in [3.63, 3.8) is 0 Å². The number of rotatable bonds is 3. The second-order valence-electron chi connectivity index (χ2n) is 10.5. The van der Waals surface area contributed by atoms with E-state index >= 15 is 4.39 Å². The number of aliphatic hydroxyl groups is 3. The molecule has 0 radical (unpaired) electrons. The summed E-state index contributed by atoms with van der Waals surface area (Å²) in [6.45, 7) is 5.53. The van der Waals surface area contributed by atoms with Crippen molar-refractivity contribution >= 4 is 17.5 Å². The smallest absolute Gasteiger partial charge is 0.303 e. The number of allylic oxidation sites excluding steroid dienone is 3. The molecule has 0 saturated heterocycles. The molecular formula is C24H31FO7. The van der Waals surface area contributed by atoms with Gasteiger partial charge in [0.15, 0.2) is 18.1 Å². The van der Waals surface area contributed by atoms with Crippen LogP contribution < -0.4 is 0 Å². The molecule has 0 spiro atoms. The van der Waals surface area contributed by atoms with Gasteiger partial charge in [-0.05, 0) is 55.7 Å². The molecule has 4 aliphatic carbocycles. The van der Waals surface area contributed by atoms with Gasteiger partial charge < -0.3 is 20.1 Å². The zero-order valence-electron chi connectivity index (χ0n) is 18.8. The molecule has 0 aromatic rings. The van der Waals surface area contributed by atoms with E-state index in [1.54, 1.807) is 20.8 Å². The van der Waals surface area contributed by atoms with Crippen LogP contribution in [0.25, 0.3) is 0 Å². The predicted molar refractivity (Wildman–Crippen MR) is 111 cm³/mol. The number of hydrogen-bond donors (Lipinski definition) is 3. The van der Waals surface area contributed by atoms with Crippen molar-refractivity contribution in [2.24, 2.45) is 28.6 Å². The van der Waals surface area contributed by atoms with Gasteiger partial charge in [-0.2, -0.15) is 0 Å². The first kappa shape index (κ1) is 23.3.